The number of aliphatic hydroxyl groups excluding tert-OH is 1. The molecule has 1 aliphatic heterocycles. The smallest absolute Gasteiger partial charge is 0.240 e. The van der Waals surface area contributed by atoms with E-state index in [0.29, 0.717) is 0 Å². The molecule has 1 heterocycles. The summed E-state index contributed by atoms with van der Waals surface area (Å²) in [7, 11) is 0. The highest BCUT2D eigenvalue weighted by Gasteiger charge is 2.51. The van der Waals surface area contributed by atoms with E-state index in [1.165, 1.54) is 4.90 Å². The number of amides is 2. The Bertz CT molecular complexity index is 514. The monoisotopic (exact) mass is 275 g/mol. The molecule has 1 saturated heterocycles. The van der Waals surface area contributed by atoms with Gasteiger partial charge in [0.15, 0.2) is 0 Å². The number of rotatable bonds is 4. The van der Waals surface area contributed by atoms with Gasteiger partial charge >= 0.3 is 0 Å². The molecule has 1 fully saturated rings. The lowest BCUT2D eigenvalue weighted by molar-refractivity contribution is -0.143. The van der Waals surface area contributed by atoms with Crippen LogP contribution in [0, 0.1) is 5.92 Å². The normalized spacial score (nSPS) is 25.9. The molecule has 0 aliphatic carbocycles. The number of hydrogen-bond acceptors (Lipinski definition) is 3. The molecular formula is C16H21NO3. The van der Waals surface area contributed by atoms with E-state index in [-0.39, 0.29) is 36.8 Å². The SMILES string of the molecule is CC(CO)C(C)N1C(=O)CC(C)(c2ccccc2)C1=O. The predicted molar refractivity (Wildman–Crippen MR) is 76.0 cm³/mol. The summed E-state index contributed by atoms with van der Waals surface area (Å²) in [6.07, 6.45) is 0.193. The standard InChI is InChI=1S/C16H21NO3/c1-11(10-18)12(2)17-14(19)9-16(3,15(17)20)13-7-5-4-6-8-13/h4-8,11-12,18H,9-10H2,1-3H3. The topological polar surface area (TPSA) is 57.6 Å². The van der Waals surface area contributed by atoms with Gasteiger partial charge in [-0.2, -0.15) is 0 Å². The van der Waals surface area contributed by atoms with Crippen molar-refractivity contribution >= 4 is 11.8 Å². The fraction of sp³-hybridized carbons (Fsp3) is 0.500. The van der Waals surface area contributed by atoms with E-state index >= 15 is 0 Å². The van der Waals surface area contributed by atoms with Crippen molar-refractivity contribution in [2.75, 3.05) is 6.61 Å². The van der Waals surface area contributed by atoms with Gasteiger partial charge < -0.3 is 5.11 Å². The molecule has 108 valence electrons. The highest BCUT2D eigenvalue weighted by Crippen LogP contribution is 2.37. The molecule has 1 aromatic carbocycles. The van der Waals surface area contributed by atoms with E-state index in [0.717, 1.165) is 5.56 Å². The number of imide groups is 1. The Kier molecular flexibility index (Phi) is 3.95. The number of likely N-dealkylation sites (tertiary alicyclic amines) is 1. The van der Waals surface area contributed by atoms with Gasteiger partial charge in [0.05, 0.1) is 5.41 Å². The summed E-state index contributed by atoms with van der Waals surface area (Å²) < 4.78 is 0. The van der Waals surface area contributed by atoms with E-state index < -0.39 is 5.41 Å². The van der Waals surface area contributed by atoms with Gasteiger partial charge in [-0.05, 0) is 25.3 Å². The first kappa shape index (κ1) is 14.7. The number of hydrogen-bond donors (Lipinski definition) is 1. The number of carbonyl (C=O) groups excluding carboxylic acids is 2. The lowest BCUT2D eigenvalue weighted by Crippen LogP contribution is -2.45. The van der Waals surface area contributed by atoms with Crippen LogP contribution in [0.1, 0.15) is 32.8 Å². The number of carbonyl (C=O) groups is 2. The molecule has 0 bridgehead atoms. The summed E-state index contributed by atoms with van der Waals surface area (Å²) in [5, 5.41) is 9.24. The average molecular weight is 275 g/mol. The molecule has 0 saturated carbocycles. The maximum atomic E-state index is 12.7. The van der Waals surface area contributed by atoms with Crippen LogP contribution in [0.4, 0.5) is 0 Å². The van der Waals surface area contributed by atoms with Crippen molar-refractivity contribution in [3.05, 3.63) is 35.9 Å². The molecule has 2 rings (SSSR count). The van der Waals surface area contributed by atoms with Crippen LogP contribution >= 0.6 is 0 Å². The quantitative estimate of drug-likeness (QED) is 0.851. The van der Waals surface area contributed by atoms with Crippen LogP contribution in [0.2, 0.25) is 0 Å². The second-order valence-electron chi connectivity index (χ2n) is 5.84. The molecular weight excluding hydrogens is 254 g/mol. The van der Waals surface area contributed by atoms with E-state index in [9.17, 15) is 14.7 Å². The van der Waals surface area contributed by atoms with Crippen molar-refractivity contribution in [1.82, 2.24) is 4.90 Å². The minimum Gasteiger partial charge on any atom is -0.396 e. The minimum absolute atomic E-state index is 0.0414. The second kappa shape index (κ2) is 5.37. The van der Waals surface area contributed by atoms with Crippen LogP contribution in [0.3, 0.4) is 0 Å². The first-order valence-electron chi connectivity index (χ1n) is 6.94. The van der Waals surface area contributed by atoms with Crippen molar-refractivity contribution in [3.63, 3.8) is 0 Å². The molecule has 0 spiro atoms. The number of benzene rings is 1. The van der Waals surface area contributed by atoms with Gasteiger partial charge in [-0.3, -0.25) is 14.5 Å². The molecule has 2 amide bonds. The highest BCUT2D eigenvalue weighted by atomic mass is 16.3. The minimum atomic E-state index is -0.790. The van der Waals surface area contributed by atoms with Crippen molar-refractivity contribution in [2.24, 2.45) is 5.92 Å². The van der Waals surface area contributed by atoms with E-state index in [2.05, 4.69) is 0 Å². The largest absolute Gasteiger partial charge is 0.396 e. The van der Waals surface area contributed by atoms with Crippen LogP contribution in [0.5, 0.6) is 0 Å². The Morgan fingerprint density at radius 1 is 1.25 bits per heavy atom. The third-order valence-corrected chi connectivity index (χ3v) is 4.39. The zero-order valence-electron chi connectivity index (χ0n) is 12.2. The average Bonchev–Trinajstić information content (AvgIpc) is 2.69. The van der Waals surface area contributed by atoms with Crippen LogP contribution in [-0.4, -0.2) is 34.5 Å². The van der Waals surface area contributed by atoms with Crippen LogP contribution in [0.25, 0.3) is 0 Å². The van der Waals surface area contributed by atoms with Crippen molar-refractivity contribution < 1.29 is 14.7 Å². The van der Waals surface area contributed by atoms with E-state index in [4.69, 9.17) is 0 Å². The maximum Gasteiger partial charge on any atom is 0.240 e. The molecule has 3 unspecified atom stereocenters. The lowest BCUT2D eigenvalue weighted by atomic mass is 9.81. The molecule has 3 atom stereocenters. The first-order chi connectivity index (χ1) is 9.41. The van der Waals surface area contributed by atoms with Crippen molar-refractivity contribution in [2.45, 2.75) is 38.6 Å². The van der Waals surface area contributed by atoms with E-state index in [1.54, 1.807) is 0 Å². The second-order valence-corrected chi connectivity index (χ2v) is 5.84. The Labute approximate surface area is 119 Å². The van der Waals surface area contributed by atoms with Crippen molar-refractivity contribution in [3.8, 4) is 0 Å². The maximum absolute atomic E-state index is 12.7. The number of nitrogens with zero attached hydrogens (tertiary/aromatic N) is 1. The van der Waals surface area contributed by atoms with E-state index in [1.807, 2.05) is 51.1 Å². The summed E-state index contributed by atoms with van der Waals surface area (Å²) >= 11 is 0. The molecule has 0 aromatic heterocycles. The number of aliphatic hydroxyl groups is 1. The van der Waals surface area contributed by atoms with Crippen LogP contribution in [0.15, 0.2) is 30.3 Å². The highest BCUT2D eigenvalue weighted by molar-refractivity contribution is 6.09. The molecule has 1 aliphatic rings. The summed E-state index contributed by atoms with van der Waals surface area (Å²) in [4.78, 5) is 26.3. The third-order valence-electron chi connectivity index (χ3n) is 4.39. The Hall–Kier alpha value is -1.68. The Morgan fingerprint density at radius 2 is 1.85 bits per heavy atom. The van der Waals surface area contributed by atoms with Gasteiger partial charge in [-0.1, -0.05) is 37.3 Å². The fourth-order valence-corrected chi connectivity index (χ4v) is 2.69. The first-order valence-corrected chi connectivity index (χ1v) is 6.94. The van der Waals surface area contributed by atoms with Gasteiger partial charge in [-0.15, -0.1) is 0 Å². The summed E-state index contributed by atoms with van der Waals surface area (Å²) in [5.41, 5.74) is 0.0756. The predicted octanol–water partition coefficient (Wildman–Crippen LogP) is 1.72. The van der Waals surface area contributed by atoms with Gasteiger partial charge in [0.25, 0.3) is 0 Å². The lowest BCUT2D eigenvalue weighted by Gasteiger charge is -2.29. The van der Waals surface area contributed by atoms with Gasteiger partial charge in [-0.25, -0.2) is 0 Å². The Morgan fingerprint density at radius 3 is 2.40 bits per heavy atom. The molecule has 1 N–H and O–H groups in total. The Balaban J connectivity index is 2.34. The summed E-state index contributed by atoms with van der Waals surface area (Å²) in [6, 6.07) is 9.12. The zero-order chi connectivity index (χ0) is 14.9. The van der Waals surface area contributed by atoms with Gasteiger partial charge in [0.2, 0.25) is 11.8 Å². The third kappa shape index (κ3) is 2.24. The van der Waals surface area contributed by atoms with Crippen LogP contribution in [-0.2, 0) is 15.0 Å². The summed E-state index contributed by atoms with van der Waals surface area (Å²) in [6.45, 7) is 5.43. The van der Waals surface area contributed by atoms with Crippen LogP contribution < -0.4 is 0 Å². The van der Waals surface area contributed by atoms with Crippen molar-refractivity contribution in [1.29, 1.82) is 0 Å². The molecule has 20 heavy (non-hydrogen) atoms. The zero-order valence-corrected chi connectivity index (χ0v) is 12.2. The summed E-state index contributed by atoms with van der Waals surface area (Å²) in [5.74, 6) is -0.448. The molecule has 1 aromatic rings. The van der Waals surface area contributed by atoms with Gasteiger partial charge in [0, 0.05) is 19.1 Å². The molecule has 4 nitrogen and oxygen atoms in total. The molecule has 0 radical (unpaired) electrons. The molecule has 4 heteroatoms. The van der Waals surface area contributed by atoms with Gasteiger partial charge in [0.1, 0.15) is 0 Å². The fourth-order valence-electron chi connectivity index (χ4n) is 2.69.